The molecule has 2 rings (SSSR count). The molecular formula is C16H28ClF2N3O2. The number of halogens is 3. The molecule has 2 heterocycles. The van der Waals surface area contributed by atoms with Gasteiger partial charge in [0.25, 0.3) is 5.92 Å². The van der Waals surface area contributed by atoms with Crippen molar-refractivity contribution in [3.63, 3.8) is 0 Å². The third-order valence-electron chi connectivity index (χ3n) is 4.47. The largest absolute Gasteiger partial charge is 0.355 e. The topological polar surface area (TPSA) is 61.4 Å². The van der Waals surface area contributed by atoms with Crippen molar-refractivity contribution in [3.8, 4) is 0 Å². The molecule has 0 aromatic heterocycles. The van der Waals surface area contributed by atoms with E-state index in [1.165, 1.54) is 0 Å². The minimum Gasteiger partial charge on any atom is -0.355 e. The van der Waals surface area contributed by atoms with Crippen LogP contribution in [0.5, 0.6) is 0 Å². The number of rotatable bonds is 3. The van der Waals surface area contributed by atoms with Crippen molar-refractivity contribution in [3.05, 3.63) is 0 Å². The molecule has 2 amide bonds. The molecule has 2 fully saturated rings. The average Bonchev–Trinajstić information content (AvgIpc) is 2.83. The van der Waals surface area contributed by atoms with E-state index in [1.54, 1.807) is 4.90 Å². The van der Waals surface area contributed by atoms with Gasteiger partial charge in [0.15, 0.2) is 0 Å². The van der Waals surface area contributed by atoms with E-state index in [9.17, 15) is 18.4 Å². The summed E-state index contributed by atoms with van der Waals surface area (Å²) < 4.78 is 26.5. The lowest BCUT2D eigenvalue weighted by atomic mass is 9.93. The Morgan fingerprint density at radius 3 is 2.54 bits per heavy atom. The fourth-order valence-corrected chi connectivity index (χ4v) is 3.04. The molecule has 0 radical (unpaired) electrons. The SMILES string of the molecule is CC(C)(C)C(=O)NCC1CCCN(C(=O)C2CC(F)(F)CN2)C1.Cl. The predicted molar refractivity (Wildman–Crippen MR) is 90.4 cm³/mol. The maximum Gasteiger partial charge on any atom is 0.262 e. The highest BCUT2D eigenvalue weighted by atomic mass is 35.5. The summed E-state index contributed by atoms with van der Waals surface area (Å²) in [5, 5.41) is 5.54. The molecule has 2 N–H and O–H groups in total. The molecule has 140 valence electrons. The van der Waals surface area contributed by atoms with Gasteiger partial charge < -0.3 is 10.2 Å². The second-order valence-electron chi connectivity index (χ2n) is 7.75. The van der Waals surface area contributed by atoms with Gasteiger partial charge in [-0.3, -0.25) is 14.9 Å². The Morgan fingerprint density at radius 1 is 1.33 bits per heavy atom. The van der Waals surface area contributed by atoms with Crippen LogP contribution < -0.4 is 10.6 Å². The molecule has 2 saturated heterocycles. The number of hydrogen-bond acceptors (Lipinski definition) is 3. The first-order valence-corrected chi connectivity index (χ1v) is 8.27. The van der Waals surface area contributed by atoms with Crippen molar-refractivity contribution < 1.29 is 18.4 Å². The lowest BCUT2D eigenvalue weighted by Crippen LogP contribution is -2.50. The zero-order chi connectivity index (χ0) is 17.3. The fraction of sp³-hybridized carbons (Fsp3) is 0.875. The van der Waals surface area contributed by atoms with Crippen LogP contribution in [0.2, 0.25) is 0 Å². The average molecular weight is 368 g/mol. The number of alkyl halides is 2. The summed E-state index contributed by atoms with van der Waals surface area (Å²) in [5.74, 6) is -2.87. The molecule has 0 saturated carbocycles. The van der Waals surface area contributed by atoms with Gasteiger partial charge in [-0.2, -0.15) is 0 Å². The van der Waals surface area contributed by atoms with E-state index in [4.69, 9.17) is 0 Å². The van der Waals surface area contributed by atoms with Crippen LogP contribution in [0.3, 0.4) is 0 Å². The van der Waals surface area contributed by atoms with Crippen LogP contribution >= 0.6 is 12.4 Å². The normalized spacial score (nSPS) is 26.6. The number of likely N-dealkylation sites (tertiary alicyclic amines) is 1. The summed E-state index contributed by atoms with van der Waals surface area (Å²) in [6.07, 6.45) is 1.35. The van der Waals surface area contributed by atoms with E-state index in [0.717, 1.165) is 12.8 Å². The zero-order valence-electron chi connectivity index (χ0n) is 14.5. The Balaban J connectivity index is 0.00000288. The molecule has 5 nitrogen and oxygen atoms in total. The molecule has 2 aliphatic heterocycles. The molecule has 0 spiro atoms. The maximum absolute atomic E-state index is 13.2. The van der Waals surface area contributed by atoms with Crippen LogP contribution in [0.15, 0.2) is 0 Å². The Kier molecular flexibility index (Phi) is 6.99. The van der Waals surface area contributed by atoms with Crippen molar-refractivity contribution >= 4 is 24.2 Å². The van der Waals surface area contributed by atoms with E-state index in [2.05, 4.69) is 10.6 Å². The zero-order valence-corrected chi connectivity index (χ0v) is 15.3. The van der Waals surface area contributed by atoms with Crippen molar-refractivity contribution in [2.45, 2.75) is 52.0 Å². The molecule has 0 aromatic rings. The Hall–Kier alpha value is -0.950. The Morgan fingerprint density at radius 2 is 2.00 bits per heavy atom. The second-order valence-corrected chi connectivity index (χ2v) is 7.75. The van der Waals surface area contributed by atoms with E-state index in [1.807, 2.05) is 20.8 Å². The lowest BCUT2D eigenvalue weighted by Gasteiger charge is -2.34. The van der Waals surface area contributed by atoms with Gasteiger partial charge in [0, 0.05) is 31.5 Å². The molecule has 2 atom stereocenters. The second kappa shape index (κ2) is 7.95. The number of hydrogen-bond donors (Lipinski definition) is 2. The third-order valence-corrected chi connectivity index (χ3v) is 4.47. The van der Waals surface area contributed by atoms with Crippen molar-refractivity contribution in [1.82, 2.24) is 15.5 Å². The predicted octanol–water partition coefficient (Wildman–Crippen LogP) is 1.81. The van der Waals surface area contributed by atoms with Crippen molar-refractivity contribution in [2.75, 3.05) is 26.2 Å². The Bertz CT molecular complexity index is 469. The number of carbonyl (C=O) groups is 2. The fourth-order valence-electron chi connectivity index (χ4n) is 3.04. The molecule has 2 unspecified atom stereocenters. The highest BCUT2D eigenvalue weighted by molar-refractivity contribution is 5.85. The van der Waals surface area contributed by atoms with E-state index >= 15 is 0 Å². The van der Waals surface area contributed by atoms with Crippen molar-refractivity contribution in [2.24, 2.45) is 11.3 Å². The standard InChI is InChI=1S/C16H27F2N3O2.ClH/c1-15(2,3)14(23)19-8-11-5-4-6-21(9-11)13(22)12-7-16(17,18)10-20-12;/h11-12,20H,4-10H2,1-3H3,(H,19,23);1H. The first-order chi connectivity index (χ1) is 10.6. The van der Waals surface area contributed by atoms with E-state index in [0.29, 0.717) is 19.6 Å². The summed E-state index contributed by atoms with van der Waals surface area (Å²) in [7, 11) is 0. The van der Waals surface area contributed by atoms with Crippen LogP contribution in [0.25, 0.3) is 0 Å². The summed E-state index contributed by atoms with van der Waals surface area (Å²) in [5.41, 5.74) is -0.441. The van der Waals surface area contributed by atoms with Crippen LogP contribution in [0, 0.1) is 11.3 Å². The summed E-state index contributed by atoms with van der Waals surface area (Å²) in [6, 6.07) is -0.784. The van der Waals surface area contributed by atoms with Gasteiger partial charge in [-0.25, -0.2) is 8.78 Å². The number of nitrogens with one attached hydrogen (secondary N) is 2. The number of piperidine rings is 1. The summed E-state index contributed by atoms with van der Waals surface area (Å²) in [4.78, 5) is 26.0. The van der Waals surface area contributed by atoms with E-state index in [-0.39, 0.29) is 30.1 Å². The van der Waals surface area contributed by atoms with Crippen LogP contribution in [0.4, 0.5) is 8.78 Å². The van der Waals surface area contributed by atoms with Gasteiger partial charge in [0.2, 0.25) is 11.8 Å². The Labute approximate surface area is 148 Å². The molecule has 0 bridgehead atoms. The van der Waals surface area contributed by atoms with Gasteiger partial charge in [-0.05, 0) is 18.8 Å². The molecule has 24 heavy (non-hydrogen) atoms. The van der Waals surface area contributed by atoms with Gasteiger partial charge in [-0.15, -0.1) is 12.4 Å². The number of amides is 2. The van der Waals surface area contributed by atoms with Gasteiger partial charge in [0.05, 0.1) is 12.6 Å². The summed E-state index contributed by atoms with van der Waals surface area (Å²) in [6.45, 7) is 6.77. The molecule has 2 aliphatic rings. The first-order valence-electron chi connectivity index (χ1n) is 8.27. The third kappa shape index (κ3) is 5.55. The number of nitrogens with zero attached hydrogens (tertiary/aromatic N) is 1. The minimum absolute atomic E-state index is 0. The monoisotopic (exact) mass is 367 g/mol. The molecule has 0 aromatic carbocycles. The summed E-state index contributed by atoms with van der Waals surface area (Å²) >= 11 is 0. The van der Waals surface area contributed by atoms with Gasteiger partial charge in [-0.1, -0.05) is 20.8 Å². The minimum atomic E-state index is -2.80. The van der Waals surface area contributed by atoms with E-state index < -0.39 is 30.3 Å². The van der Waals surface area contributed by atoms with Crippen LogP contribution in [-0.2, 0) is 9.59 Å². The van der Waals surface area contributed by atoms with Crippen LogP contribution in [0.1, 0.15) is 40.0 Å². The first kappa shape index (κ1) is 21.1. The molecular weight excluding hydrogens is 340 g/mol. The van der Waals surface area contributed by atoms with Crippen molar-refractivity contribution in [1.29, 1.82) is 0 Å². The quantitative estimate of drug-likeness (QED) is 0.799. The molecule has 8 heteroatoms. The van der Waals surface area contributed by atoms with Gasteiger partial charge in [0.1, 0.15) is 0 Å². The number of carbonyl (C=O) groups excluding carboxylic acids is 2. The van der Waals surface area contributed by atoms with Gasteiger partial charge >= 0.3 is 0 Å². The highest BCUT2D eigenvalue weighted by Gasteiger charge is 2.44. The highest BCUT2D eigenvalue weighted by Crippen LogP contribution is 2.27. The van der Waals surface area contributed by atoms with Crippen LogP contribution in [-0.4, -0.2) is 54.9 Å². The molecule has 0 aliphatic carbocycles. The maximum atomic E-state index is 13.2. The smallest absolute Gasteiger partial charge is 0.262 e. The lowest BCUT2D eigenvalue weighted by molar-refractivity contribution is -0.135.